The van der Waals surface area contributed by atoms with E-state index in [2.05, 4.69) is 27.4 Å². The van der Waals surface area contributed by atoms with Gasteiger partial charge in [0, 0.05) is 0 Å². The van der Waals surface area contributed by atoms with Crippen LogP contribution in [-0.2, 0) is 9.53 Å². The van der Waals surface area contributed by atoms with Crippen molar-refractivity contribution in [3.63, 3.8) is 0 Å². The summed E-state index contributed by atoms with van der Waals surface area (Å²) in [6.45, 7) is 10.8. The van der Waals surface area contributed by atoms with Crippen molar-refractivity contribution in [2.24, 2.45) is 0 Å². The molecule has 0 saturated heterocycles. The van der Waals surface area contributed by atoms with Crippen LogP contribution in [0.4, 0.5) is 0 Å². The van der Waals surface area contributed by atoms with Crippen molar-refractivity contribution >= 4 is 24.3 Å². The molecule has 2 nitrogen and oxygen atoms in total. The van der Waals surface area contributed by atoms with Crippen LogP contribution in [0.25, 0.3) is 0 Å². The summed E-state index contributed by atoms with van der Waals surface area (Å²) in [5, 5.41) is 0. The van der Waals surface area contributed by atoms with Crippen molar-refractivity contribution < 1.29 is 9.53 Å². The molecule has 0 aliphatic heterocycles. The summed E-state index contributed by atoms with van der Waals surface area (Å²) in [6.07, 6.45) is 7.79. The Balaban J connectivity index is 4.91. The molecule has 0 atom stereocenters. The molecule has 0 aromatic carbocycles. The first-order valence-corrected chi connectivity index (χ1v) is 16.4. The molecule has 0 aliphatic carbocycles. The summed E-state index contributed by atoms with van der Waals surface area (Å²) in [4.78, 5) is 11.7. The van der Waals surface area contributed by atoms with Gasteiger partial charge in [-0.3, -0.25) is 0 Å². The molecule has 0 unspecified atom stereocenters. The fourth-order valence-corrected chi connectivity index (χ4v) is 19.1. The third-order valence-corrected chi connectivity index (χ3v) is 19.7. The Hall–Kier alpha value is 0.00870. The Morgan fingerprint density at radius 2 is 1.35 bits per heavy atom. The van der Waals surface area contributed by atoms with Crippen molar-refractivity contribution in [2.75, 3.05) is 7.11 Å². The summed E-state index contributed by atoms with van der Waals surface area (Å²) in [6, 6.07) is 0. The molecule has 0 spiro atoms. The molecule has 0 fully saturated rings. The summed E-state index contributed by atoms with van der Waals surface area (Å²) in [5.41, 5.74) is 0.742. The Bertz CT molecular complexity index is 265. The van der Waals surface area contributed by atoms with Crippen LogP contribution in [0.5, 0.6) is 0 Å². The third-order valence-electron chi connectivity index (χ3n) is 4.24. The summed E-state index contributed by atoms with van der Waals surface area (Å²) < 4.78 is 10.1. The molecule has 0 amide bonds. The topological polar surface area (TPSA) is 26.3 Å². The number of esters is 1. The van der Waals surface area contributed by atoms with E-state index in [1.807, 2.05) is 0 Å². The van der Waals surface area contributed by atoms with Crippen molar-refractivity contribution in [1.29, 1.82) is 0 Å². The van der Waals surface area contributed by atoms with E-state index < -0.39 is 18.4 Å². The molecule has 0 aromatic rings. The number of ether oxygens (including phenoxy) is 1. The zero-order valence-corrected chi connectivity index (χ0v) is 16.9. The van der Waals surface area contributed by atoms with Gasteiger partial charge < -0.3 is 0 Å². The van der Waals surface area contributed by atoms with Gasteiger partial charge in [0.1, 0.15) is 0 Å². The zero-order chi connectivity index (χ0) is 15.4. The normalized spacial score (nSPS) is 11.4. The van der Waals surface area contributed by atoms with E-state index in [0.717, 1.165) is 10.0 Å². The molecule has 0 rings (SSSR count). The Kier molecular flexibility index (Phi) is 11.6. The van der Waals surface area contributed by atoms with Gasteiger partial charge in [-0.05, 0) is 0 Å². The van der Waals surface area contributed by atoms with E-state index in [1.165, 1.54) is 58.9 Å². The second kappa shape index (κ2) is 11.6. The average Bonchev–Trinajstić information content (AvgIpc) is 2.47. The number of methoxy groups -OCH3 is 1. The molecule has 0 aliphatic rings. The minimum absolute atomic E-state index is 0.185. The van der Waals surface area contributed by atoms with Crippen LogP contribution in [0, 0.1) is 0 Å². The van der Waals surface area contributed by atoms with Crippen LogP contribution < -0.4 is 0 Å². The fourth-order valence-electron chi connectivity index (χ4n) is 2.96. The van der Waals surface area contributed by atoms with Gasteiger partial charge in [0.2, 0.25) is 0 Å². The van der Waals surface area contributed by atoms with Crippen LogP contribution in [0.15, 0.2) is 12.2 Å². The van der Waals surface area contributed by atoms with Gasteiger partial charge in [-0.1, -0.05) is 0 Å². The standard InChI is InChI=1S/C5H7O2.3C4H9.Sn/c1-4(2)5(6)7-3;3*1-3-4-2;/h1-2H2,3H3;3*1,3-4H2,2H3;. The molecule has 0 saturated carbocycles. The van der Waals surface area contributed by atoms with E-state index in [0.29, 0.717) is 0 Å². The number of rotatable bonds is 12. The molecular weight excluding hydrogens is 355 g/mol. The zero-order valence-electron chi connectivity index (χ0n) is 14.1. The van der Waals surface area contributed by atoms with Crippen molar-refractivity contribution in [3.05, 3.63) is 12.2 Å². The van der Waals surface area contributed by atoms with Gasteiger partial charge in [0.15, 0.2) is 0 Å². The molecule has 0 radical (unpaired) electrons. The van der Waals surface area contributed by atoms with Gasteiger partial charge in [-0.2, -0.15) is 0 Å². The predicted octanol–water partition coefficient (Wildman–Crippen LogP) is 5.56. The van der Waals surface area contributed by atoms with Crippen LogP contribution in [0.2, 0.25) is 17.7 Å². The first kappa shape index (κ1) is 20.0. The Labute approximate surface area is 130 Å². The van der Waals surface area contributed by atoms with Crippen molar-refractivity contribution in [1.82, 2.24) is 0 Å². The molecule has 0 heterocycles. The van der Waals surface area contributed by atoms with Gasteiger partial charge in [-0.25, -0.2) is 0 Å². The van der Waals surface area contributed by atoms with Crippen LogP contribution in [-0.4, -0.2) is 31.5 Å². The summed E-state index contributed by atoms with van der Waals surface area (Å²) >= 11 is -2.25. The second-order valence-corrected chi connectivity index (χ2v) is 19.9. The van der Waals surface area contributed by atoms with Crippen LogP contribution in [0.3, 0.4) is 0 Å². The van der Waals surface area contributed by atoms with E-state index in [4.69, 9.17) is 4.74 Å². The molecular formula is C17H34O2Sn. The minimum atomic E-state index is -2.25. The predicted molar refractivity (Wildman–Crippen MR) is 90.9 cm³/mol. The van der Waals surface area contributed by atoms with Gasteiger partial charge in [0.25, 0.3) is 0 Å². The SMILES string of the molecule is C=C([CH2][Sn]([CH2]CCC)([CH2]CCC)[CH2]CCC)C(=O)OC. The van der Waals surface area contributed by atoms with Gasteiger partial charge >= 0.3 is 130 Å². The number of unbranched alkanes of at least 4 members (excludes halogenated alkanes) is 3. The fraction of sp³-hybridized carbons (Fsp3) is 0.824. The van der Waals surface area contributed by atoms with E-state index in [1.54, 1.807) is 0 Å². The first-order chi connectivity index (χ1) is 9.55. The van der Waals surface area contributed by atoms with Crippen molar-refractivity contribution in [2.45, 2.75) is 77.0 Å². The maximum absolute atomic E-state index is 11.7. The molecule has 20 heavy (non-hydrogen) atoms. The summed E-state index contributed by atoms with van der Waals surface area (Å²) in [7, 11) is 1.47. The molecule has 118 valence electrons. The number of carbonyl (C=O) groups excluding carboxylic acids is 1. The molecule has 0 N–H and O–H groups in total. The average molecular weight is 389 g/mol. The quantitative estimate of drug-likeness (QED) is 0.248. The second-order valence-electron chi connectivity index (χ2n) is 6.08. The van der Waals surface area contributed by atoms with E-state index in [9.17, 15) is 4.79 Å². The van der Waals surface area contributed by atoms with Crippen molar-refractivity contribution in [3.8, 4) is 0 Å². The third kappa shape index (κ3) is 7.70. The maximum atomic E-state index is 11.7. The van der Waals surface area contributed by atoms with Crippen LogP contribution >= 0.6 is 0 Å². The van der Waals surface area contributed by atoms with E-state index >= 15 is 0 Å². The number of hydrogen-bond acceptors (Lipinski definition) is 2. The first-order valence-electron chi connectivity index (χ1n) is 8.31. The monoisotopic (exact) mass is 390 g/mol. The number of hydrogen-bond donors (Lipinski definition) is 0. The molecule has 0 aromatic heterocycles. The van der Waals surface area contributed by atoms with Gasteiger partial charge in [0.05, 0.1) is 0 Å². The molecule has 3 heteroatoms. The summed E-state index contributed by atoms with van der Waals surface area (Å²) in [5.74, 6) is -0.185. The van der Waals surface area contributed by atoms with Crippen LogP contribution in [0.1, 0.15) is 59.3 Å². The van der Waals surface area contributed by atoms with Gasteiger partial charge in [-0.15, -0.1) is 0 Å². The Morgan fingerprint density at radius 1 is 0.950 bits per heavy atom. The molecule has 0 bridgehead atoms. The number of carbonyl (C=O) groups is 1. The Morgan fingerprint density at radius 3 is 1.65 bits per heavy atom. The van der Waals surface area contributed by atoms with E-state index in [-0.39, 0.29) is 5.97 Å².